The van der Waals surface area contributed by atoms with Crippen LogP contribution in [-0.4, -0.2) is 0 Å². The Bertz CT molecular complexity index is 4230. The lowest BCUT2D eigenvalue weighted by Gasteiger charge is -2.20. The summed E-state index contributed by atoms with van der Waals surface area (Å²) in [6.07, 6.45) is 0. The van der Waals surface area contributed by atoms with Crippen LogP contribution in [0.1, 0.15) is 41.1 Å². The summed E-state index contributed by atoms with van der Waals surface area (Å²) in [5, 5.41) is -6.40. The summed E-state index contributed by atoms with van der Waals surface area (Å²) in [5.41, 5.74) is -7.15. The summed E-state index contributed by atoms with van der Waals surface area (Å²) in [7, 11) is 0. The molecule has 0 fully saturated rings. The van der Waals surface area contributed by atoms with E-state index in [9.17, 15) is 12.3 Å². The fourth-order valence-electron chi connectivity index (χ4n) is 5.31. The van der Waals surface area contributed by atoms with E-state index in [1.807, 2.05) is 0 Å². The highest BCUT2D eigenvalue weighted by molar-refractivity contribution is 6.24. The molecule has 0 atom stereocenters. The minimum atomic E-state index is -1.18. The van der Waals surface area contributed by atoms with Gasteiger partial charge in [0.05, 0.1) is 41.1 Å². The molecule has 0 aliphatic heterocycles. The Morgan fingerprint density at radius 2 is 0.761 bits per heavy atom. The summed E-state index contributed by atoms with van der Waals surface area (Å²) in [4.78, 5) is 0. The molecule has 0 unspecified atom stereocenters. The number of rotatable bonds is 4. The third-order valence-electron chi connectivity index (χ3n) is 7.25. The van der Waals surface area contributed by atoms with Gasteiger partial charge in [-0.1, -0.05) is 169 Å². The zero-order valence-electron chi connectivity index (χ0n) is 53.0. The van der Waals surface area contributed by atoms with Crippen LogP contribution in [0.5, 0.6) is 0 Å². The van der Waals surface area contributed by atoms with Gasteiger partial charge in [-0.05, 0) is 99.7 Å². The smallest absolute Gasteiger partial charge is 0.0622 e. The highest BCUT2D eigenvalue weighted by atomic mass is 14.2. The fraction of sp³-hybridized carbons (Fsp3) is 0. The van der Waals surface area contributed by atoms with Gasteiger partial charge in [-0.15, -0.1) is 0 Å². The van der Waals surface area contributed by atoms with E-state index in [0.717, 1.165) is 0 Å². The van der Waals surface area contributed by atoms with Crippen LogP contribution >= 0.6 is 0 Å². The Labute approximate surface area is 311 Å². The lowest BCUT2D eigenvalue weighted by atomic mass is 9.83. The minimum Gasteiger partial charge on any atom is -0.0622 e. The molecule has 0 radical (unpaired) electrons. The third kappa shape index (κ3) is 4.30. The van der Waals surface area contributed by atoms with Gasteiger partial charge in [0, 0.05) is 0 Å². The van der Waals surface area contributed by atoms with Crippen molar-refractivity contribution in [3.63, 3.8) is 0 Å². The monoisotopic (exact) mass is 612 g/mol. The van der Waals surface area contributed by atoms with Gasteiger partial charge in [-0.25, -0.2) is 0 Å². The van der Waals surface area contributed by atoms with E-state index in [1.165, 1.54) is 0 Å². The van der Waals surface area contributed by atoms with Crippen molar-refractivity contribution in [1.82, 2.24) is 0 Å². The van der Waals surface area contributed by atoms with Gasteiger partial charge in [-0.3, -0.25) is 0 Å². The van der Waals surface area contributed by atoms with Crippen molar-refractivity contribution in [1.29, 1.82) is 0 Å². The van der Waals surface area contributed by atoms with Gasteiger partial charge in [-0.2, -0.15) is 0 Å². The van der Waals surface area contributed by atoms with E-state index >= 15 is 0 Å². The van der Waals surface area contributed by atoms with Crippen LogP contribution < -0.4 is 0 Å². The van der Waals surface area contributed by atoms with Gasteiger partial charge in [0.2, 0.25) is 0 Å². The highest BCUT2D eigenvalue weighted by Gasteiger charge is 2.19. The van der Waals surface area contributed by atoms with E-state index in [2.05, 4.69) is 0 Å². The van der Waals surface area contributed by atoms with Crippen molar-refractivity contribution in [3.8, 4) is 44.5 Å². The summed E-state index contributed by atoms with van der Waals surface area (Å²) >= 11 is 0. The molecule has 0 saturated carbocycles. The maximum absolute atomic E-state index is 10.3. The molecule has 0 heteroatoms. The van der Waals surface area contributed by atoms with E-state index in [1.54, 1.807) is 0 Å². The van der Waals surface area contributed by atoms with Crippen molar-refractivity contribution in [2.45, 2.75) is 0 Å². The highest BCUT2D eigenvalue weighted by Crippen LogP contribution is 2.47. The van der Waals surface area contributed by atoms with Crippen molar-refractivity contribution in [2.75, 3.05) is 0 Å². The Hall–Kier alpha value is -5.98. The molecule has 9 aromatic carbocycles. The van der Waals surface area contributed by atoms with Crippen LogP contribution in [0.2, 0.25) is 0 Å². The second kappa shape index (κ2) is 10.9. The molecule has 9 rings (SSSR count). The lowest BCUT2D eigenvalue weighted by Crippen LogP contribution is -1.93. The van der Waals surface area contributed by atoms with Crippen LogP contribution in [0.3, 0.4) is 0 Å². The Morgan fingerprint density at radius 3 is 1.50 bits per heavy atom. The SMILES string of the molecule is [2H]c1c([2H])c([2H])c(-c2c([2H])c([2H])c([2H])c(-c3c4c([2H])c([2H])c([2H])c([2H])c4c(-c4c([2H])c([2H])c([2H])c5c([2H])c([2H])c([2H])c([2H])c45)c4c([2H])c([2H])c(-c5c([2H])c([2H])c([2H])c6c([2H])c([2H])c([2H])c([2H])c56)c([2H])c34)c2[2H])c([2H])c1[2H]. The first-order valence-electron chi connectivity index (χ1n) is 28.5. The average molecular weight is 613 g/mol. The molecular formula is C46H30. The Balaban J connectivity index is 1.73. The van der Waals surface area contributed by atoms with Crippen LogP contribution in [0.15, 0.2) is 181 Å². The molecule has 0 aromatic heterocycles. The van der Waals surface area contributed by atoms with Crippen molar-refractivity contribution >= 4 is 43.1 Å². The summed E-state index contributed by atoms with van der Waals surface area (Å²) < 4.78 is 271. The molecule has 0 aliphatic rings. The fourth-order valence-corrected chi connectivity index (χ4v) is 5.31. The third-order valence-corrected chi connectivity index (χ3v) is 7.25. The van der Waals surface area contributed by atoms with Crippen molar-refractivity contribution in [3.05, 3.63) is 181 Å². The molecule has 0 nitrogen and oxygen atoms in total. The number of benzene rings is 9. The lowest BCUT2D eigenvalue weighted by molar-refractivity contribution is 1.61. The summed E-state index contributed by atoms with van der Waals surface area (Å²) in [5.74, 6) is 0. The zero-order chi connectivity index (χ0) is 56.6. The molecule has 0 amide bonds. The normalized spacial score (nSPS) is 20.6. The topological polar surface area (TPSA) is 0 Å². The van der Waals surface area contributed by atoms with Crippen LogP contribution in [0.4, 0.5) is 0 Å². The van der Waals surface area contributed by atoms with Gasteiger partial charge < -0.3 is 0 Å². The maximum atomic E-state index is 10.3. The second-order valence-electron chi connectivity index (χ2n) is 9.75. The summed E-state index contributed by atoms with van der Waals surface area (Å²) in [6.45, 7) is 0. The quantitative estimate of drug-likeness (QED) is 0.173. The predicted octanol–water partition coefficient (Wildman–Crippen LogP) is 13.0. The van der Waals surface area contributed by atoms with Crippen molar-refractivity contribution in [2.24, 2.45) is 0 Å². The first kappa shape index (κ1) is 10.0. The average Bonchev–Trinajstić information content (AvgIpc) is 3.38. The van der Waals surface area contributed by atoms with E-state index < -0.39 is 269 Å². The maximum Gasteiger partial charge on any atom is 0.0636 e. The molecule has 0 aliphatic carbocycles. The van der Waals surface area contributed by atoms with Gasteiger partial charge in [0.25, 0.3) is 0 Å². The second-order valence-corrected chi connectivity index (χ2v) is 9.75. The first-order valence-corrected chi connectivity index (χ1v) is 13.5. The molecule has 9 aromatic rings. The van der Waals surface area contributed by atoms with Crippen LogP contribution in [0, 0.1) is 0 Å². The molecule has 0 bridgehead atoms. The van der Waals surface area contributed by atoms with Gasteiger partial charge in [0.15, 0.2) is 0 Å². The zero-order valence-corrected chi connectivity index (χ0v) is 23.0. The van der Waals surface area contributed by atoms with Crippen LogP contribution in [-0.2, 0) is 0 Å². The van der Waals surface area contributed by atoms with E-state index in [0.29, 0.717) is 0 Å². The number of hydrogen-bond donors (Lipinski definition) is 0. The Morgan fingerprint density at radius 1 is 0.261 bits per heavy atom. The minimum absolute atomic E-state index is 0.686. The van der Waals surface area contributed by atoms with Gasteiger partial charge >= 0.3 is 0 Å². The largest absolute Gasteiger partial charge is 0.0636 e. The summed E-state index contributed by atoms with van der Waals surface area (Å²) in [6, 6.07) is -30.7. The molecule has 0 N–H and O–H groups in total. The first-order chi connectivity index (χ1) is 35.3. The molecule has 0 heterocycles. The molecule has 214 valence electrons. The number of fused-ring (bicyclic) bond motifs is 4. The Kier molecular flexibility index (Phi) is 2.37. The van der Waals surface area contributed by atoms with Crippen LogP contribution in [0.25, 0.3) is 87.6 Å². The molecule has 0 spiro atoms. The van der Waals surface area contributed by atoms with Crippen molar-refractivity contribution < 1.29 is 41.1 Å². The standard InChI is InChI=1S/C46H30/c1-2-13-31(14-3-1)34-19-10-20-36(29-34)45-41-23-8-9-24-42(41)46(40-26-12-18-33-16-5-7-22-38(33)40)43-28-27-35(30-44(43)45)39-25-11-17-32-15-4-6-21-37(32)39/h1-30H/i1D,2D,3D,4D,5D,6D,7D,8D,9D,10D,11D,12D,13D,14D,15D,16D,17D,18D,19D,20D,21D,22D,23D,24D,25D,26D,27D,28D,29D,30D. The molecule has 0 saturated heterocycles. The van der Waals surface area contributed by atoms with Gasteiger partial charge in [0.1, 0.15) is 0 Å². The molecular weight excluding hydrogens is 553 g/mol. The predicted molar refractivity (Wildman–Crippen MR) is 198 cm³/mol. The molecule has 46 heavy (non-hydrogen) atoms. The van der Waals surface area contributed by atoms with E-state index in [4.69, 9.17) is 28.8 Å². The van der Waals surface area contributed by atoms with E-state index in [-0.39, 0.29) is 0 Å². The number of hydrogen-bond acceptors (Lipinski definition) is 0.